The minimum atomic E-state index is 0.133. The van der Waals surface area contributed by atoms with Gasteiger partial charge < -0.3 is 9.47 Å². The highest BCUT2D eigenvalue weighted by Crippen LogP contribution is 2.17. The normalized spacial score (nSPS) is 11.4. The van der Waals surface area contributed by atoms with E-state index < -0.39 is 0 Å². The number of aromatic nitrogens is 3. The first kappa shape index (κ1) is 41.9. The van der Waals surface area contributed by atoms with E-state index in [0.29, 0.717) is 13.2 Å². The summed E-state index contributed by atoms with van der Waals surface area (Å²) >= 11 is 6.09. The van der Waals surface area contributed by atoms with E-state index in [-0.39, 0.29) is 17.3 Å². The Morgan fingerprint density at radius 1 is 0.333 bits per heavy atom. The third kappa shape index (κ3) is 30.0. The van der Waals surface area contributed by atoms with Gasteiger partial charge in [-0.15, -0.1) is 4.98 Å². The van der Waals surface area contributed by atoms with Crippen LogP contribution in [-0.2, 0) is 0 Å². The molecule has 0 aromatic carbocycles. The van der Waals surface area contributed by atoms with Gasteiger partial charge in [0.15, 0.2) is 0 Å². The van der Waals surface area contributed by atoms with Crippen LogP contribution in [0, 0.1) is 0 Å². The van der Waals surface area contributed by atoms with Crippen molar-refractivity contribution in [3.8, 4) is 12.0 Å². The van der Waals surface area contributed by atoms with E-state index in [0.717, 1.165) is 12.8 Å². The van der Waals surface area contributed by atoms with E-state index in [9.17, 15) is 0 Å². The smallest absolute Gasteiger partial charge is 0.323 e. The van der Waals surface area contributed by atoms with Crippen LogP contribution in [0.2, 0.25) is 5.28 Å². The van der Waals surface area contributed by atoms with Crippen LogP contribution in [0.4, 0.5) is 0 Å². The molecule has 0 radical (unpaired) electrons. The highest BCUT2D eigenvalue weighted by atomic mass is 35.5. The summed E-state index contributed by atoms with van der Waals surface area (Å²) in [5, 5.41) is 0.133. The fraction of sp³-hybridized carbons (Fsp3) is 0.923. The van der Waals surface area contributed by atoms with Crippen molar-refractivity contribution in [1.82, 2.24) is 15.0 Å². The van der Waals surface area contributed by atoms with Gasteiger partial charge in [-0.05, 0) is 24.4 Å². The molecule has 45 heavy (non-hydrogen) atoms. The average Bonchev–Trinajstić information content (AvgIpc) is 3.03. The van der Waals surface area contributed by atoms with Gasteiger partial charge in [0.05, 0.1) is 13.2 Å². The highest BCUT2D eigenvalue weighted by molar-refractivity contribution is 6.28. The Morgan fingerprint density at radius 2 is 0.556 bits per heavy atom. The van der Waals surface area contributed by atoms with Crippen LogP contribution < -0.4 is 9.47 Å². The molecule has 264 valence electrons. The maximum absolute atomic E-state index is 6.09. The molecule has 5 nitrogen and oxygen atoms in total. The van der Waals surface area contributed by atoms with Crippen molar-refractivity contribution in [2.45, 2.75) is 219 Å². The second kappa shape index (κ2) is 34.2. The molecule has 6 heteroatoms. The van der Waals surface area contributed by atoms with E-state index in [1.807, 2.05) is 0 Å². The summed E-state index contributed by atoms with van der Waals surface area (Å²) in [6.45, 7) is 5.80. The standard InChI is InChI=1S/C39H74ClN3O2/c1-3-5-7-9-11-13-15-17-19-21-23-25-27-29-31-33-35-44-38-41-37(40)42-39(43-38)45-36-34-32-30-28-26-24-22-20-18-16-14-12-10-8-6-4-2/h3-36H2,1-2H3. The number of nitrogens with zero attached hydrogens (tertiary/aromatic N) is 3. The summed E-state index contributed by atoms with van der Waals surface area (Å²) in [4.78, 5) is 12.5. The van der Waals surface area contributed by atoms with Crippen LogP contribution in [0.15, 0.2) is 0 Å². The molecule has 0 aliphatic heterocycles. The molecule has 0 aliphatic rings. The van der Waals surface area contributed by atoms with Crippen molar-refractivity contribution in [3.63, 3.8) is 0 Å². The minimum absolute atomic E-state index is 0.133. The number of hydrogen-bond donors (Lipinski definition) is 0. The average molecular weight is 652 g/mol. The van der Waals surface area contributed by atoms with Crippen molar-refractivity contribution < 1.29 is 9.47 Å². The molecule has 1 aromatic heterocycles. The SMILES string of the molecule is CCCCCCCCCCCCCCCCCCOc1nc(Cl)nc(OCCCCCCCCCCCCCCCCCC)n1. The van der Waals surface area contributed by atoms with Gasteiger partial charge in [-0.1, -0.05) is 206 Å². The van der Waals surface area contributed by atoms with Gasteiger partial charge in [0.2, 0.25) is 5.28 Å². The molecule has 0 fully saturated rings. The molecule has 0 bridgehead atoms. The molecule has 1 heterocycles. The maximum atomic E-state index is 6.09. The lowest BCUT2D eigenvalue weighted by Crippen LogP contribution is -2.06. The molecule has 0 atom stereocenters. The lowest BCUT2D eigenvalue weighted by Gasteiger charge is -2.08. The van der Waals surface area contributed by atoms with Crippen LogP contribution in [0.5, 0.6) is 12.0 Å². The molecule has 0 spiro atoms. The van der Waals surface area contributed by atoms with E-state index >= 15 is 0 Å². The van der Waals surface area contributed by atoms with Gasteiger partial charge in [0, 0.05) is 0 Å². The van der Waals surface area contributed by atoms with Crippen molar-refractivity contribution in [2.24, 2.45) is 0 Å². The molecule has 0 saturated carbocycles. The summed E-state index contributed by atoms with van der Waals surface area (Å²) in [7, 11) is 0. The lowest BCUT2D eigenvalue weighted by atomic mass is 10.0. The Balaban J connectivity index is 1.89. The van der Waals surface area contributed by atoms with Crippen LogP contribution >= 0.6 is 11.6 Å². The molecule has 1 rings (SSSR count). The van der Waals surface area contributed by atoms with Crippen LogP contribution in [-0.4, -0.2) is 28.2 Å². The summed E-state index contributed by atoms with van der Waals surface area (Å²) < 4.78 is 11.5. The molecule has 0 aliphatic carbocycles. The molecule has 0 amide bonds. The first-order chi connectivity index (χ1) is 22.3. The van der Waals surface area contributed by atoms with Crippen molar-refractivity contribution >= 4 is 11.6 Å². The predicted octanol–water partition coefficient (Wildman–Crippen LogP) is 13.8. The highest BCUT2D eigenvalue weighted by Gasteiger charge is 2.07. The number of unbranched alkanes of at least 4 members (excludes halogenated alkanes) is 30. The third-order valence-corrected chi connectivity index (χ3v) is 9.19. The lowest BCUT2D eigenvalue weighted by molar-refractivity contribution is 0.252. The Bertz CT molecular complexity index is 680. The zero-order valence-corrected chi connectivity index (χ0v) is 30.8. The van der Waals surface area contributed by atoms with Crippen LogP contribution in [0.1, 0.15) is 219 Å². The number of ether oxygens (including phenoxy) is 2. The van der Waals surface area contributed by atoms with Crippen molar-refractivity contribution in [3.05, 3.63) is 5.28 Å². The third-order valence-electron chi connectivity index (χ3n) is 9.03. The largest absolute Gasteiger partial charge is 0.463 e. The molecular weight excluding hydrogens is 578 g/mol. The quantitative estimate of drug-likeness (QED) is 0.0675. The zero-order valence-electron chi connectivity index (χ0n) is 30.1. The topological polar surface area (TPSA) is 57.1 Å². The number of hydrogen-bond acceptors (Lipinski definition) is 5. The Morgan fingerprint density at radius 3 is 0.800 bits per heavy atom. The second-order valence-corrected chi connectivity index (χ2v) is 13.8. The van der Waals surface area contributed by atoms with Crippen molar-refractivity contribution in [1.29, 1.82) is 0 Å². The van der Waals surface area contributed by atoms with Crippen LogP contribution in [0.25, 0.3) is 0 Å². The molecule has 0 N–H and O–H groups in total. The fourth-order valence-electron chi connectivity index (χ4n) is 6.07. The molecular formula is C39H74ClN3O2. The van der Waals surface area contributed by atoms with Gasteiger partial charge >= 0.3 is 12.0 Å². The van der Waals surface area contributed by atoms with Crippen LogP contribution in [0.3, 0.4) is 0 Å². The zero-order chi connectivity index (χ0) is 32.3. The van der Waals surface area contributed by atoms with E-state index in [2.05, 4.69) is 28.8 Å². The fourth-order valence-corrected chi connectivity index (χ4v) is 6.22. The van der Waals surface area contributed by atoms with Gasteiger partial charge in [0.1, 0.15) is 0 Å². The van der Waals surface area contributed by atoms with E-state index in [1.54, 1.807) is 0 Å². The van der Waals surface area contributed by atoms with Gasteiger partial charge in [-0.3, -0.25) is 0 Å². The molecule has 0 unspecified atom stereocenters. The number of halogens is 1. The monoisotopic (exact) mass is 652 g/mol. The molecule has 1 aromatic rings. The summed E-state index contributed by atoms with van der Waals surface area (Å²) in [5.41, 5.74) is 0. The van der Waals surface area contributed by atoms with E-state index in [1.165, 1.54) is 193 Å². The van der Waals surface area contributed by atoms with E-state index in [4.69, 9.17) is 21.1 Å². The van der Waals surface area contributed by atoms with Crippen molar-refractivity contribution in [2.75, 3.05) is 13.2 Å². The minimum Gasteiger partial charge on any atom is -0.463 e. The second-order valence-electron chi connectivity index (χ2n) is 13.5. The Hall–Kier alpha value is -1.10. The Kier molecular flexibility index (Phi) is 31.9. The maximum Gasteiger partial charge on any atom is 0.323 e. The Labute approximate surface area is 285 Å². The van der Waals surface area contributed by atoms with Gasteiger partial charge in [0.25, 0.3) is 0 Å². The summed E-state index contributed by atoms with van der Waals surface area (Å²) in [6, 6.07) is 0.552. The molecule has 0 saturated heterocycles. The first-order valence-electron chi connectivity index (χ1n) is 19.9. The summed E-state index contributed by atoms with van der Waals surface area (Å²) in [5.74, 6) is 0. The predicted molar refractivity (Wildman–Crippen MR) is 195 cm³/mol. The summed E-state index contributed by atoms with van der Waals surface area (Å²) in [6.07, 6.45) is 43.5. The number of rotatable bonds is 36. The van der Waals surface area contributed by atoms with Gasteiger partial charge in [-0.2, -0.15) is 9.97 Å². The van der Waals surface area contributed by atoms with Gasteiger partial charge in [-0.25, -0.2) is 0 Å². The first-order valence-corrected chi connectivity index (χ1v) is 20.3.